The van der Waals surface area contributed by atoms with E-state index >= 15 is 0 Å². The number of thiophene rings is 1. The van der Waals surface area contributed by atoms with Crippen molar-refractivity contribution in [2.24, 2.45) is 0 Å². The molecule has 0 bridgehead atoms. The van der Waals surface area contributed by atoms with E-state index in [0.717, 1.165) is 0 Å². The molecule has 0 radical (unpaired) electrons. The van der Waals surface area contributed by atoms with Gasteiger partial charge in [0.05, 0.1) is 20.5 Å². The van der Waals surface area contributed by atoms with Crippen LogP contribution in [0.5, 0.6) is 11.6 Å². The van der Waals surface area contributed by atoms with Gasteiger partial charge in [-0.25, -0.2) is 14.4 Å². The van der Waals surface area contributed by atoms with Crippen molar-refractivity contribution in [3.05, 3.63) is 36.4 Å². The van der Waals surface area contributed by atoms with Crippen molar-refractivity contribution in [2.45, 2.75) is 4.21 Å². The first kappa shape index (κ1) is 13.9. The second kappa shape index (κ2) is 5.38. The second-order valence-corrected chi connectivity index (χ2v) is 6.86. The van der Waals surface area contributed by atoms with Gasteiger partial charge in [-0.05, 0) is 18.2 Å². The highest BCUT2D eigenvalue weighted by atomic mass is 32.2. The molecule has 0 spiro atoms. The number of nitrogens with zero attached hydrogens (tertiary/aromatic N) is 2. The van der Waals surface area contributed by atoms with Crippen LogP contribution in [-0.4, -0.2) is 20.4 Å². The fourth-order valence-electron chi connectivity index (χ4n) is 1.73. The summed E-state index contributed by atoms with van der Waals surface area (Å²) in [5.41, 5.74) is 6.42. The smallest absolute Gasteiger partial charge is 0.240 e. The highest BCUT2D eigenvalue weighted by Gasteiger charge is 2.14. The Kier molecular flexibility index (Phi) is 3.56. The van der Waals surface area contributed by atoms with E-state index < -0.39 is 16.6 Å². The third-order valence-corrected chi connectivity index (χ3v) is 5.25. The summed E-state index contributed by atoms with van der Waals surface area (Å²) in [4.78, 5) is 8.11. The lowest BCUT2D eigenvalue weighted by Crippen LogP contribution is -1.93. The van der Waals surface area contributed by atoms with Gasteiger partial charge in [0.25, 0.3) is 0 Å². The van der Waals surface area contributed by atoms with Gasteiger partial charge in [0, 0.05) is 18.0 Å². The van der Waals surface area contributed by atoms with E-state index in [9.17, 15) is 8.60 Å². The van der Waals surface area contributed by atoms with Crippen molar-refractivity contribution in [2.75, 3.05) is 12.0 Å². The molecule has 2 aromatic heterocycles. The summed E-state index contributed by atoms with van der Waals surface area (Å²) in [5.74, 6) is -0.320. The number of fused-ring (bicyclic) bond motifs is 1. The maximum atomic E-state index is 13.8. The summed E-state index contributed by atoms with van der Waals surface area (Å²) < 4.78 is 32.1. The average molecular weight is 323 g/mol. The monoisotopic (exact) mass is 323 g/mol. The molecular formula is C13H10FN3O2S2. The number of halogens is 1. The molecule has 0 fully saturated rings. The van der Waals surface area contributed by atoms with Crippen LogP contribution < -0.4 is 10.5 Å². The minimum absolute atomic E-state index is 0.0248. The van der Waals surface area contributed by atoms with Crippen LogP contribution in [0.1, 0.15) is 0 Å². The Bertz CT molecular complexity index is 851. The van der Waals surface area contributed by atoms with Crippen LogP contribution in [0.3, 0.4) is 0 Å². The number of nitrogen functional groups attached to an aromatic ring is 1. The molecule has 0 saturated carbocycles. The maximum Gasteiger partial charge on any atom is 0.240 e. The molecule has 1 atom stereocenters. The van der Waals surface area contributed by atoms with E-state index in [1.54, 1.807) is 12.3 Å². The molecule has 0 aliphatic carbocycles. The van der Waals surface area contributed by atoms with E-state index in [0.29, 0.717) is 20.1 Å². The lowest BCUT2D eigenvalue weighted by atomic mass is 10.3. The Labute approximate surface area is 126 Å². The molecule has 0 aliphatic rings. The molecule has 1 unspecified atom stereocenters. The molecular weight excluding hydrogens is 313 g/mol. The molecule has 1 aromatic carbocycles. The van der Waals surface area contributed by atoms with E-state index in [1.165, 1.54) is 35.9 Å². The van der Waals surface area contributed by atoms with E-state index in [2.05, 4.69) is 9.97 Å². The molecule has 21 heavy (non-hydrogen) atoms. The Balaban J connectivity index is 2.06. The number of rotatable bonds is 3. The third-order valence-electron chi connectivity index (χ3n) is 2.70. The van der Waals surface area contributed by atoms with Gasteiger partial charge in [0.2, 0.25) is 5.88 Å². The number of aromatic nitrogens is 2. The summed E-state index contributed by atoms with van der Waals surface area (Å²) in [5, 5.41) is 0. The number of hydrogen-bond acceptors (Lipinski definition) is 6. The van der Waals surface area contributed by atoms with Gasteiger partial charge >= 0.3 is 0 Å². The van der Waals surface area contributed by atoms with E-state index in [1.807, 2.05) is 0 Å². The second-order valence-electron chi connectivity index (χ2n) is 4.20. The van der Waals surface area contributed by atoms with Gasteiger partial charge < -0.3 is 10.5 Å². The van der Waals surface area contributed by atoms with Crippen LogP contribution in [0.2, 0.25) is 0 Å². The zero-order chi connectivity index (χ0) is 15.0. The van der Waals surface area contributed by atoms with Crippen LogP contribution >= 0.6 is 11.3 Å². The minimum atomic E-state index is -1.12. The molecule has 5 nitrogen and oxygen atoms in total. The van der Waals surface area contributed by atoms with Crippen LogP contribution in [0.25, 0.3) is 10.2 Å². The molecule has 108 valence electrons. The number of ether oxygens (including phenoxy) is 1. The molecule has 2 heterocycles. The topological polar surface area (TPSA) is 78.1 Å². The van der Waals surface area contributed by atoms with Crippen molar-refractivity contribution in [1.29, 1.82) is 0 Å². The molecule has 8 heteroatoms. The summed E-state index contributed by atoms with van der Waals surface area (Å²) in [6.07, 6.45) is 2.90. The Morgan fingerprint density at radius 2 is 2.14 bits per heavy atom. The number of nitrogens with two attached hydrogens (primary N) is 1. The van der Waals surface area contributed by atoms with Crippen molar-refractivity contribution in [1.82, 2.24) is 9.97 Å². The lowest BCUT2D eigenvalue weighted by molar-refractivity contribution is 0.432. The van der Waals surface area contributed by atoms with Crippen LogP contribution in [0.4, 0.5) is 10.1 Å². The lowest BCUT2D eigenvalue weighted by Gasteiger charge is -2.06. The zero-order valence-corrected chi connectivity index (χ0v) is 12.5. The Morgan fingerprint density at radius 1 is 1.33 bits per heavy atom. The molecule has 0 amide bonds. The molecule has 3 rings (SSSR count). The van der Waals surface area contributed by atoms with E-state index in [-0.39, 0.29) is 11.6 Å². The first-order valence-corrected chi connectivity index (χ1v) is 8.23. The van der Waals surface area contributed by atoms with Gasteiger partial charge in [0.15, 0.2) is 11.6 Å². The number of anilines is 1. The fraction of sp³-hybridized carbons (Fsp3) is 0.0769. The van der Waals surface area contributed by atoms with Crippen LogP contribution in [-0.2, 0) is 10.8 Å². The number of hydrogen-bond donors (Lipinski definition) is 1. The first-order valence-electron chi connectivity index (χ1n) is 5.85. The number of benzene rings is 1. The predicted octanol–water partition coefficient (Wildman–Crippen LogP) is 2.94. The molecule has 0 aliphatic heterocycles. The van der Waals surface area contributed by atoms with Crippen LogP contribution in [0.15, 0.2) is 34.8 Å². The maximum absolute atomic E-state index is 13.8. The van der Waals surface area contributed by atoms with Gasteiger partial charge in [0.1, 0.15) is 11.0 Å². The largest absolute Gasteiger partial charge is 0.434 e. The predicted molar refractivity (Wildman–Crippen MR) is 80.6 cm³/mol. The van der Waals surface area contributed by atoms with Crippen molar-refractivity contribution in [3.63, 3.8) is 0 Å². The van der Waals surface area contributed by atoms with Gasteiger partial charge in [-0.1, -0.05) is 0 Å². The fourth-order valence-corrected chi connectivity index (χ4v) is 3.50. The zero-order valence-electron chi connectivity index (χ0n) is 10.9. The highest BCUT2D eigenvalue weighted by Crippen LogP contribution is 2.35. The van der Waals surface area contributed by atoms with Crippen LogP contribution in [0, 0.1) is 5.82 Å². The van der Waals surface area contributed by atoms with Crippen molar-refractivity contribution in [3.8, 4) is 11.6 Å². The highest BCUT2D eigenvalue weighted by molar-refractivity contribution is 7.86. The van der Waals surface area contributed by atoms with Crippen molar-refractivity contribution < 1.29 is 13.3 Å². The van der Waals surface area contributed by atoms with Gasteiger partial charge in [-0.2, -0.15) is 0 Å². The van der Waals surface area contributed by atoms with Gasteiger partial charge in [-0.3, -0.25) is 4.21 Å². The molecule has 0 saturated heterocycles. The summed E-state index contributed by atoms with van der Waals surface area (Å²) >= 11 is 1.26. The first-order chi connectivity index (χ1) is 10.0. The van der Waals surface area contributed by atoms with E-state index in [4.69, 9.17) is 10.5 Å². The molecule has 2 N–H and O–H groups in total. The standard InChI is InChI=1S/C13H10FN3O2S2/c1-21(18)11-5-9-12(20-11)13(17-6-16-9)19-10-3-2-7(15)4-8(10)14/h2-6H,15H2,1H3. The normalized spacial score (nSPS) is 12.5. The quantitative estimate of drug-likeness (QED) is 0.750. The Morgan fingerprint density at radius 3 is 2.86 bits per heavy atom. The summed E-state index contributed by atoms with van der Waals surface area (Å²) in [6, 6.07) is 5.86. The Hall–Kier alpha value is -2.06. The SMILES string of the molecule is CS(=O)c1cc2ncnc(Oc3ccc(N)cc3F)c2s1. The summed E-state index contributed by atoms with van der Waals surface area (Å²) in [7, 11) is -1.12. The summed E-state index contributed by atoms with van der Waals surface area (Å²) in [6.45, 7) is 0. The van der Waals surface area contributed by atoms with Gasteiger partial charge in [-0.15, -0.1) is 11.3 Å². The average Bonchev–Trinajstić information content (AvgIpc) is 2.87. The third kappa shape index (κ3) is 2.72. The minimum Gasteiger partial charge on any atom is -0.434 e. The molecule has 3 aromatic rings. The van der Waals surface area contributed by atoms with Crippen molar-refractivity contribution >= 4 is 38.0 Å².